The van der Waals surface area contributed by atoms with Crippen molar-refractivity contribution in [1.29, 1.82) is 0 Å². The van der Waals surface area contributed by atoms with E-state index >= 15 is 0 Å². The summed E-state index contributed by atoms with van der Waals surface area (Å²) in [6.45, 7) is 0. The van der Waals surface area contributed by atoms with Crippen molar-refractivity contribution in [3.8, 4) is 22.5 Å². The van der Waals surface area contributed by atoms with Gasteiger partial charge in [-0.25, -0.2) is 9.20 Å². The lowest BCUT2D eigenvalue weighted by Crippen LogP contribution is -2.39. The van der Waals surface area contributed by atoms with Gasteiger partial charge in [-0.05, 0) is 31.0 Å². The fraction of sp³-hybridized carbons (Fsp3) is 0.280. The predicted molar refractivity (Wildman–Crippen MR) is 119 cm³/mol. The molecule has 1 aliphatic heterocycles. The molecule has 1 aromatic carbocycles. The summed E-state index contributed by atoms with van der Waals surface area (Å²) < 4.78 is 9.00. The molecule has 7 heteroatoms. The number of hydrogen-bond donors (Lipinski definition) is 0. The molecule has 160 valence electrons. The van der Waals surface area contributed by atoms with Crippen LogP contribution in [0.4, 0.5) is 0 Å². The zero-order valence-electron chi connectivity index (χ0n) is 17.4. The molecule has 1 saturated carbocycles. The van der Waals surface area contributed by atoms with E-state index in [1.54, 1.807) is 12.1 Å². The lowest BCUT2D eigenvalue weighted by atomic mass is 9.83. The Morgan fingerprint density at radius 2 is 1.75 bits per heavy atom. The minimum Gasteiger partial charge on any atom is -0.460 e. The van der Waals surface area contributed by atoms with Gasteiger partial charge in [0.2, 0.25) is 0 Å². The van der Waals surface area contributed by atoms with E-state index in [0.29, 0.717) is 12.1 Å². The van der Waals surface area contributed by atoms with Crippen LogP contribution in [0.15, 0.2) is 71.7 Å². The lowest BCUT2D eigenvalue weighted by Gasteiger charge is -2.32. The maximum atomic E-state index is 12.9. The van der Waals surface area contributed by atoms with Gasteiger partial charge in [-0.3, -0.25) is 9.59 Å². The van der Waals surface area contributed by atoms with Gasteiger partial charge in [0.15, 0.2) is 0 Å². The summed E-state index contributed by atoms with van der Waals surface area (Å²) in [5.41, 5.74) is 4.08. The van der Waals surface area contributed by atoms with Gasteiger partial charge in [0.05, 0.1) is 29.2 Å². The lowest BCUT2D eigenvalue weighted by molar-refractivity contribution is -0.143. The first-order valence-corrected chi connectivity index (χ1v) is 11.0. The molecule has 1 aliphatic carbocycles. The zero-order valence-corrected chi connectivity index (χ0v) is 17.4. The predicted octanol–water partition coefficient (Wildman–Crippen LogP) is 3.88. The number of aromatic nitrogens is 4. The van der Waals surface area contributed by atoms with Gasteiger partial charge < -0.3 is 4.74 Å². The molecule has 3 atom stereocenters. The highest BCUT2D eigenvalue weighted by atomic mass is 16.6. The van der Waals surface area contributed by atoms with Gasteiger partial charge in [-0.2, -0.15) is 10.2 Å². The Labute approximate surface area is 184 Å². The number of pyridine rings is 1. The standard InChI is InChI=1S/C25H22N4O3/c30-21-13-12-18(26-29(21)20-11-6-9-17-15-22(31)32-25(17)20)23-19-10-4-5-14-28(19)27-24(23)16-7-2-1-3-8-16/h1-5,7-8,10,12-14,17,20,25H,6,9,11,15H2. The summed E-state index contributed by atoms with van der Waals surface area (Å²) in [6.07, 6.45) is 4.73. The number of carbonyl (C=O) groups is 1. The monoisotopic (exact) mass is 426 g/mol. The Hall–Kier alpha value is -3.74. The molecule has 0 N–H and O–H groups in total. The Bertz CT molecular complexity index is 1370. The quantitative estimate of drug-likeness (QED) is 0.465. The molecule has 3 unspecified atom stereocenters. The Morgan fingerprint density at radius 3 is 2.62 bits per heavy atom. The molecule has 3 aromatic heterocycles. The highest BCUT2D eigenvalue weighted by Gasteiger charge is 2.44. The molecular formula is C25H22N4O3. The summed E-state index contributed by atoms with van der Waals surface area (Å²) in [5, 5.41) is 9.63. The van der Waals surface area contributed by atoms with Crippen LogP contribution in [0.2, 0.25) is 0 Å². The van der Waals surface area contributed by atoms with Crippen molar-refractivity contribution < 1.29 is 9.53 Å². The normalized spacial score (nSPS) is 22.6. The van der Waals surface area contributed by atoms with Crippen molar-refractivity contribution in [1.82, 2.24) is 19.4 Å². The van der Waals surface area contributed by atoms with Crippen LogP contribution in [0.3, 0.4) is 0 Å². The molecule has 2 aliphatic rings. The van der Waals surface area contributed by atoms with Gasteiger partial charge in [0, 0.05) is 23.7 Å². The van der Waals surface area contributed by atoms with Crippen molar-refractivity contribution >= 4 is 11.5 Å². The van der Waals surface area contributed by atoms with Crippen LogP contribution in [0.5, 0.6) is 0 Å². The van der Waals surface area contributed by atoms with E-state index in [4.69, 9.17) is 14.9 Å². The molecule has 2 fully saturated rings. The number of esters is 1. The largest absolute Gasteiger partial charge is 0.460 e. The average molecular weight is 426 g/mol. The molecule has 4 aromatic rings. The van der Waals surface area contributed by atoms with Crippen LogP contribution in [-0.2, 0) is 9.53 Å². The number of rotatable bonds is 3. The number of ether oxygens (including phenoxy) is 1. The van der Waals surface area contributed by atoms with E-state index in [0.717, 1.165) is 41.6 Å². The summed E-state index contributed by atoms with van der Waals surface area (Å²) in [5.74, 6) is -0.0134. The third kappa shape index (κ3) is 3.04. The maximum Gasteiger partial charge on any atom is 0.306 e. The summed E-state index contributed by atoms with van der Waals surface area (Å²) in [7, 11) is 0. The van der Waals surface area contributed by atoms with E-state index in [1.807, 2.05) is 59.2 Å². The average Bonchev–Trinajstić information content (AvgIpc) is 3.40. The molecule has 0 bridgehead atoms. The van der Waals surface area contributed by atoms with Crippen molar-refractivity contribution in [2.75, 3.05) is 0 Å². The van der Waals surface area contributed by atoms with Gasteiger partial charge in [0.25, 0.3) is 5.56 Å². The highest BCUT2D eigenvalue weighted by Crippen LogP contribution is 2.41. The van der Waals surface area contributed by atoms with Gasteiger partial charge in [-0.15, -0.1) is 0 Å². The van der Waals surface area contributed by atoms with Crippen molar-refractivity contribution in [3.63, 3.8) is 0 Å². The van der Waals surface area contributed by atoms with Gasteiger partial charge >= 0.3 is 5.97 Å². The molecule has 7 nitrogen and oxygen atoms in total. The van der Waals surface area contributed by atoms with E-state index in [9.17, 15) is 9.59 Å². The van der Waals surface area contributed by atoms with Crippen LogP contribution in [0.25, 0.3) is 28.0 Å². The van der Waals surface area contributed by atoms with E-state index in [-0.39, 0.29) is 29.6 Å². The maximum absolute atomic E-state index is 12.9. The van der Waals surface area contributed by atoms with Crippen molar-refractivity contribution in [2.24, 2.45) is 5.92 Å². The second kappa shape index (κ2) is 7.44. The van der Waals surface area contributed by atoms with Gasteiger partial charge in [-0.1, -0.05) is 42.8 Å². The number of hydrogen-bond acceptors (Lipinski definition) is 5. The fourth-order valence-electron chi connectivity index (χ4n) is 5.15. The van der Waals surface area contributed by atoms with E-state index < -0.39 is 0 Å². The van der Waals surface area contributed by atoms with Crippen LogP contribution in [-0.4, -0.2) is 31.5 Å². The summed E-state index contributed by atoms with van der Waals surface area (Å²) >= 11 is 0. The minimum atomic E-state index is -0.283. The van der Waals surface area contributed by atoms with Crippen LogP contribution >= 0.6 is 0 Å². The molecular weight excluding hydrogens is 404 g/mol. The van der Waals surface area contributed by atoms with Crippen LogP contribution in [0.1, 0.15) is 31.7 Å². The second-order valence-corrected chi connectivity index (χ2v) is 8.54. The molecule has 4 heterocycles. The third-order valence-corrected chi connectivity index (χ3v) is 6.60. The number of fused-ring (bicyclic) bond motifs is 2. The highest BCUT2D eigenvalue weighted by molar-refractivity contribution is 5.90. The van der Waals surface area contributed by atoms with Crippen LogP contribution < -0.4 is 5.56 Å². The topological polar surface area (TPSA) is 78.5 Å². The molecule has 0 amide bonds. The summed E-state index contributed by atoms with van der Waals surface area (Å²) in [4.78, 5) is 24.8. The first-order valence-electron chi connectivity index (χ1n) is 11.0. The number of nitrogens with zero attached hydrogens (tertiary/aromatic N) is 4. The minimum absolute atomic E-state index is 0.162. The van der Waals surface area contributed by atoms with Crippen LogP contribution in [0, 0.1) is 5.92 Å². The molecule has 0 spiro atoms. The Kier molecular flexibility index (Phi) is 4.41. The number of carbonyl (C=O) groups excluding carboxylic acids is 1. The van der Waals surface area contributed by atoms with E-state index in [2.05, 4.69) is 0 Å². The molecule has 1 saturated heterocycles. The third-order valence-electron chi connectivity index (χ3n) is 6.60. The van der Waals surface area contributed by atoms with E-state index in [1.165, 1.54) is 4.68 Å². The second-order valence-electron chi connectivity index (χ2n) is 8.54. The smallest absolute Gasteiger partial charge is 0.306 e. The summed E-state index contributed by atoms with van der Waals surface area (Å²) in [6, 6.07) is 19.0. The number of benzene rings is 1. The van der Waals surface area contributed by atoms with Gasteiger partial charge in [0.1, 0.15) is 11.8 Å². The van der Waals surface area contributed by atoms with Crippen molar-refractivity contribution in [3.05, 3.63) is 77.2 Å². The molecule has 6 rings (SSSR count). The Morgan fingerprint density at radius 1 is 0.906 bits per heavy atom. The molecule has 32 heavy (non-hydrogen) atoms. The first-order chi connectivity index (χ1) is 15.7. The molecule has 0 radical (unpaired) electrons. The first kappa shape index (κ1) is 19.0. The zero-order chi connectivity index (χ0) is 21.7. The SMILES string of the molecule is O=C1CC2CCCC(n3nc(-c4c(-c5ccccc5)nn5ccccc45)ccc3=O)C2O1. The fourth-order valence-corrected chi connectivity index (χ4v) is 5.15. The Balaban J connectivity index is 1.52. The van der Waals surface area contributed by atoms with Crippen molar-refractivity contribution in [2.45, 2.75) is 37.8 Å².